The van der Waals surface area contributed by atoms with Crippen LogP contribution in [0.2, 0.25) is 0 Å². The first-order valence-corrected chi connectivity index (χ1v) is 10.2. The number of rotatable bonds is 5. The van der Waals surface area contributed by atoms with E-state index in [4.69, 9.17) is 10.7 Å². The van der Waals surface area contributed by atoms with Crippen molar-refractivity contribution in [2.45, 2.75) is 27.2 Å². The van der Waals surface area contributed by atoms with Gasteiger partial charge in [0.15, 0.2) is 5.88 Å². The summed E-state index contributed by atoms with van der Waals surface area (Å²) in [7, 11) is 0. The van der Waals surface area contributed by atoms with Crippen molar-refractivity contribution >= 4 is 22.3 Å². The lowest BCUT2D eigenvalue weighted by Gasteiger charge is -2.08. The number of nitrogens with one attached hydrogen (secondary N) is 1. The number of aliphatic imine (C=N–C) groups is 1. The monoisotopic (exact) mass is 397 g/mol. The maximum atomic E-state index is 10.6. The summed E-state index contributed by atoms with van der Waals surface area (Å²) in [6, 6.07) is 20.7. The van der Waals surface area contributed by atoms with Gasteiger partial charge in [0.25, 0.3) is 0 Å². The fourth-order valence-corrected chi connectivity index (χ4v) is 4.04. The third-order valence-corrected chi connectivity index (χ3v) is 5.63. The SMILES string of the molecule is CC(=Nc1ccc(CCN)c(C)c1)c1c(O)[nH]c2ccc(-c3ccccc3C)cc12. The van der Waals surface area contributed by atoms with E-state index in [1.54, 1.807) is 0 Å². The van der Waals surface area contributed by atoms with Crippen molar-refractivity contribution in [2.24, 2.45) is 10.7 Å². The van der Waals surface area contributed by atoms with Crippen LogP contribution < -0.4 is 5.73 Å². The van der Waals surface area contributed by atoms with Gasteiger partial charge in [0.2, 0.25) is 0 Å². The van der Waals surface area contributed by atoms with Crippen molar-refractivity contribution in [1.82, 2.24) is 4.98 Å². The number of nitrogens with two attached hydrogens (primary N) is 1. The van der Waals surface area contributed by atoms with Crippen LogP contribution in [0, 0.1) is 13.8 Å². The molecule has 1 heterocycles. The Balaban J connectivity index is 1.79. The molecule has 4 aromatic rings. The fraction of sp³-hybridized carbons (Fsp3) is 0.192. The minimum Gasteiger partial charge on any atom is -0.494 e. The van der Waals surface area contributed by atoms with Gasteiger partial charge in [-0.3, -0.25) is 4.99 Å². The average molecular weight is 398 g/mol. The number of fused-ring (bicyclic) bond motifs is 1. The van der Waals surface area contributed by atoms with Gasteiger partial charge in [-0.15, -0.1) is 0 Å². The number of aromatic nitrogens is 1. The van der Waals surface area contributed by atoms with Gasteiger partial charge in [-0.05, 0) is 85.8 Å². The highest BCUT2D eigenvalue weighted by atomic mass is 16.3. The van der Waals surface area contributed by atoms with Crippen LogP contribution in [0.4, 0.5) is 5.69 Å². The van der Waals surface area contributed by atoms with Gasteiger partial charge in [0.05, 0.1) is 17.0 Å². The summed E-state index contributed by atoms with van der Waals surface area (Å²) in [6.45, 7) is 6.76. The van der Waals surface area contributed by atoms with Crippen LogP contribution >= 0.6 is 0 Å². The number of nitrogens with zero attached hydrogens (tertiary/aromatic N) is 1. The van der Waals surface area contributed by atoms with Crippen LogP contribution in [0.15, 0.2) is 65.7 Å². The van der Waals surface area contributed by atoms with E-state index >= 15 is 0 Å². The van der Waals surface area contributed by atoms with Crippen molar-refractivity contribution in [3.05, 3.63) is 82.9 Å². The smallest absolute Gasteiger partial charge is 0.198 e. The van der Waals surface area contributed by atoms with Gasteiger partial charge in [0.1, 0.15) is 0 Å². The third-order valence-electron chi connectivity index (χ3n) is 5.63. The second kappa shape index (κ2) is 8.17. The standard InChI is InChI=1S/C26H27N3O/c1-16-6-4-5-7-22(16)20-9-11-24-23(15-20)25(26(30)29-24)18(3)28-21-10-8-19(12-13-27)17(2)14-21/h4-11,14-15,29-30H,12-13,27H2,1-3H3. The van der Waals surface area contributed by atoms with E-state index in [0.29, 0.717) is 6.54 Å². The minimum absolute atomic E-state index is 0.143. The molecule has 0 amide bonds. The summed E-state index contributed by atoms with van der Waals surface area (Å²) in [5.41, 5.74) is 14.9. The lowest BCUT2D eigenvalue weighted by atomic mass is 9.98. The van der Waals surface area contributed by atoms with E-state index in [-0.39, 0.29) is 5.88 Å². The molecule has 4 rings (SSSR count). The van der Waals surface area contributed by atoms with Gasteiger partial charge in [-0.25, -0.2) is 0 Å². The summed E-state index contributed by atoms with van der Waals surface area (Å²) < 4.78 is 0. The molecule has 0 saturated carbocycles. The Kier molecular flexibility index (Phi) is 5.42. The van der Waals surface area contributed by atoms with Crippen LogP contribution in [0.3, 0.4) is 0 Å². The van der Waals surface area contributed by atoms with Crippen LogP contribution in [0.5, 0.6) is 5.88 Å². The molecule has 0 bridgehead atoms. The summed E-state index contributed by atoms with van der Waals surface area (Å²) in [5, 5.41) is 11.6. The molecule has 0 radical (unpaired) electrons. The number of benzene rings is 3. The van der Waals surface area contributed by atoms with Crippen molar-refractivity contribution in [1.29, 1.82) is 0 Å². The Labute approximate surface area is 177 Å². The zero-order chi connectivity index (χ0) is 21.3. The number of aromatic hydroxyl groups is 1. The lowest BCUT2D eigenvalue weighted by molar-refractivity contribution is 0.457. The lowest BCUT2D eigenvalue weighted by Crippen LogP contribution is -2.03. The molecule has 1 aromatic heterocycles. The van der Waals surface area contributed by atoms with E-state index < -0.39 is 0 Å². The number of hydrogen-bond acceptors (Lipinski definition) is 3. The van der Waals surface area contributed by atoms with Crippen molar-refractivity contribution in [2.75, 3.05) is 6.54 Å². The first kappa shape index (κ1) is 19.9. The minimum atomic E-state index is 0.143. The summed E-state index contributed by atoms with van der Waals surface area (Å²) >= 11 is 0. The highest BCUT2D eigenvalue weighted by Crippen LogP contribution is 2.33. The molecule has 3 aromatic carbocycles. The van der Waals surface area contributed by atoms with Gasteiger partial charge >= 0.3 is 0 Å². The predicted octanol–water partition coefficient (Wildman–Crippen LogP) is 5.80. The molecule has 4 N–H and O–H groups in total. The van der Waals surface area contributed by atoms with Crippen LogP contribution in [-0.2, 0) is 6.42 Å². The van der Waals surface area contributed by atoms with Gasteiger partial charge in [-0.2, -0.15) is 0 Å². The number of H-pyrrole nitrogens is 1. The van der Waals surface area contributed by atoms with Crippen LogP contribution in [0.1, 0.15) is 29.2 Å². The molecule has 0 saturated heterocycles. The molecule has 30 heavy (non-hydrogen) atoms. The van der Waals surface area contributed by atoms with E-state index in [1.807, 2.05) is 31.2 Å². The maximum Gasteiger partial charge on any atom is 0.198 e. The Morgan fingerprint density at radius 2 is 1.80 bits per heavy atom. The molecular weight excluding hydrogens is 370 g/mol. The fourth-order valence-electron chi connectivity index (χ4n) is 4.04. The number of aryl methyl sites for hydroxylation is 2. The molecular formula is C26H27N3O. The van der Waals surface area contributed by atoms with Crippen LogP contribution in [-0.4, -0.2) is 22.3 Å². The molecule has 0 aliphatic rings. The second-order valence-corrected chi connectivity index (χ2v) is 7.77. The Morgan fingerprint density at radius 3 is 2.53 bits per heavy atom. The van der Waals surface area contributed by atoms with Gasteiger partial charge < -0.3 is 15.8 Å². The molecule has 0 atom stereocenters. The molecule has 4 nitrogen and oxygen atoms in total. The second-order valence-electron chi connectivity index (χ2n) is 7.77. The summed E-state index contributed by atoms with van der Waals surface area (Å²) in [5.74, 6) is 0.143. The zero-order valence-corrected chi connectivity index (χ0v) is 17.7. The Hall–Kier alpha value is -3.37. The van der Waals surface area contributed by atoms with Crippen molar-refractivity contribution in [3.63, 3.8) is 0 Å². The molecule has 0 aliphatic heterocycles. The number of aromatic amines is 1. The predicted molar refractivity (Wildman–Crippen MR) is 126 cm³/mol. The third kappa shape index (κ3) is 3.74. The summed E-state index contributed by atoms with van der Waals surface area (Å²) in [4.78, 5) is 7.89. The maximum absolute atomic E-state index is 10.6. The average Bonchev–Trinajstić information content (AvgIpc) is 3.05. The first-order chi connectivity index (χ1) is 14.5. The van der Waals surface area contributed by atoms with E-state index in [1.165, 1.54) is 22.3 Å². The van der Waals surface area contributed by atoms with Gasteiger partial charge in [0, 0.05) is 10.9 Å². The molecule has 0 spiro atoms. The number of hydrogen-bond donors (Lipinski definition) is 3. The van der Waals surface area contributed by atoms with E-state index in [2.05, 4.69) is 55.2 Å². The molecule has 0 aliphatic carbocycles. The highest BCUT2D eigenvalue weighted by molar-refractivity contribution is 6.13. The van der Waals surface area contributed by atoms with E-state index in [9.17, 15) is 5.11 Å². The molecule has 0 fully saturated rings. The topological polar surface area (TPSA) is 74.4 Å². The molecule has 0 unspecified atom stereocenters. The van der Waals surface area contributed by atoms with Crippen molar-refractivity contribution < 1.29 is 5.11 Å². The summed E-state index contributed by atoms with van der Waals surface area (Å²) in [6.07, 6.45) is 0.861. The van der Waals surface area contributed by atoms with E-state index in [0.717, 1.165) is 39.8 Å². The normalized spacial score (nSPS) is 11.9. The van der Waals surface area contributed by atoms with Crippen LogP contribution in [0.25, 0.3) is 22.0 Å². The Bertz CT molecular complexity index is 1250. The highest BCUT2D eigenvalue weighted by Gasteiger charge is 2.15. The Morgan fingerprint density at radius 1 is 1.00 bits per heavy atom. The zero-order valence-electron chi connectivity index (χ0n) is 17.7. The van der Waals surface area contributed by atoms with Crippen molar-refractivity contribution in [3.8, 4) is 17.0 Å². The molecule has 4 heteroatoms. The quantitative estimate of drug-likeness (QED) is 0.372. The van der Waals surface area contributed by atoms with Gasteiger partial charge in [-0.1, -0.05) is 36.4 Å². The first-order valence-electron chi connectivity index (χ1n) is 10.2. The molecule has 152 valence electrons. The largest absolute Gasteiger partial charge is 0.494 e.